The second-order valence-corrected chi connectivity index (χ2v) is 4.22. The highest BCUT2D eigenvalue weighted by atomic mass is 19.2. The molecular weight excluding hydrogens is 262 g/mol. The maximum Gasteiger partial charge on any atom is 0.204 e. The quantitative estimate of drug-likeness (QED) is 0.736. The lowest BCUT2D eigenvalue weighted by Crippen LogP contribution is -2.06. The maximum atomic E-state index is 13.6. The molecule has 1 aromatic heterocycles. The molecule has 0 amide bonds. The molecule has 0 atom stereocenters. The van der Waals surface area contributed by atoms with E-state index >= 15 is 0 Å². The molecule has 0 radical (unpaired) electrons. The van der Waals surface area contributed by atoms with E-state index in [1.54, 1.807) is 0 Å². The predicted molar refractivity (Wildman–Crippen MR) is 68.7 cm³/mol. The average Bonchev–Trinajstić information content (AvgIpc) is 2.93. The summed E-state index contributed by atoms with van der Waals surface area (Å²) in [6, 6.07) is 13.3. The van der Waals surface area contributed by atoms with Gasteiger partial charge in [0.25, 0.3) is 0 Å². The Balaban J connectivity index is 1.86. The molecule has 6 heteroatoms. The number of rotatable bonds is 3. The molecular formula is C14H10F2N4. The highest BCUT2D eigenvalue weighted by Gasteiger charge is 2.10. The maximum absolute atomic E-state index is 13.6. The molecule has 20 heavy (non-hydrogen) atoms. The first-order valence-corrected chi connectivity index (χ1v) is 6.00. The summed E-state index contributed by atoms with van der Waals surface area (Å²) in [5.41, 5.74) is 1.00. The molecule has 0 aliphatic carbocycles. The summed E-state index contributed by atoms with van der Waals surface area (Å²) >= 11 is 0. The van der Waals surface area contributed by atoms with Crippen molar-refractivity contribution >= 4 is 0 Å². The lowest BCUT2D eigenvalue weighted by atomic mass is 10.2. The monoisotopic (exact) mass is 272 g/mol. The smallest absolute Gasteiger partial charge is 0.204 e. The summed E-state index contributed by atoms with van der Waals surface area (Å²) in [7, 11) is 0. The first-order chi connectivity index (χ1) is 9.74. The normalized spacial score (nSPS) is 10.7. The van der Waals surface area contributed by atoms with Crippen LogP contribution in [0.3, 0.4) is 0 Å². The Bertz CT molecular complexity index is 725. The Morgan fingerprint density at radius 1 is 0.950 bits per heavy atom. The van der Waals surface area contributed by atoms with E-state index in [1.807, 2.05) is 30.3 Å². The molecule has 1 heterocycles. The molecule has 2 aromatic carbocycles. The van der Waals surface area contributed by atoms with Gasteiger partial charge in [-0.15, -0.1) is 10.2 Å². The van der Waals surface area contributed by atoms with Crippen molar-refractivity contribution in [3.05, 3.63) is 65.7 Å². The number of hydrogen-bond donors (Lipinski definition) is 0. The van der Waals surface area contributed by atoms with Crippen LogP contribution in [-0.2, 0) is 6.54 Å². The first-order valence-electron chi connectivity index (χ1n) is 6.00. The third-order valence-electron chi connectivity index (χ3n) is 2.83. The van der Waals surface area contributed by atoms with Crippen molar-refractivity contribution in [3.8, 4) is 11.4 Å². The van der Waals surface area contributed by atoms with Crippen molar-refractivity contribution in [2.75, 3.05) is 0 Å². The van der Waals surface area contributed by atoms with E-state index < -0.39 is 11.6 Å². The molecule has 3 rings (SSSR count). The van der Waals surface area contributed by atoms with Crippen LogP contribution in [0, 0.1) is 11.6 Å². The number of nitrogens with zero attached hydrogens (tertiary/aromatic N) is 4. The zero-order chi connectivity index (χ0) is 13.9. The lowest BCUT2D eigenvalue weighted by molar-refractivity contribution is 0.481. The molecule has 0 aliphatic rings. The van der Waals surface area contributed by atoms with Crippen LogP contribution in [0.2, 0.25) is 0 Å². The molecule has 0 unspecified atom stereocenters. The molecule has 0 saturated carbocycles. The highest BCUT2D eigenvalue weighted by molar-refractivity contribution is 5.52. The van der Waals surface area contributed by atoms with E-state index in [-0.39, 0.29) is 12.1 Å². The van der Waals surface area contributed by atoms with E-state index in [0.29, 0.717) is 5.82 Å². The van der Waals surface area contributed by atoms with Crippen LogP contribution in [0.15, 0.2) is 48.5 Å². The molecule has 0 fully saturated rings. The van der Waals surface area contributed by atoms with Crippen molar-refractivity contribution in [3.63, 3.8) is 0 Å². The SMILES string of the molecule is Fc1cccc(Cn2nnc(-c3ccccc3)n2)c1F. The molecule has 0 bridgehead atoms. The van der Waals surface area contributed by atoms with Gasteiger partial charge in [-0.3, -0.25) is 0 Å². The predicted octanol–water partition coefficient (Wildman–Crippen LogP) is 2.67. The Kier molecular flexibility index (Phi) is 3.20. The lowest BCUT2D eigenvalue weighted by Gasteiger charge is -2.01. The first kappa shape index (κ1) is 12.4. The fourth-order valence-electron chi connectivity index (χ4n) is 1.84. The van der Waals surface area contributed by atoms with Gasteiger partial charge < -0.3 is 0 Å². The third-order valence-corrected chi connectivity index (χ3v) is 2.83. The zero-order valence-corrected chi connectivity index (χ0v) is 10.4. The van der Waals surface area contributed by atoms with E-state index in [1.165, 1.54) is 16.9 Å². The third kappa shape index (κ3) is 2.40. The Hall–Kier alpha value is -2.63. The summed E-state index contributed by atoms with van der Waals surface area (Å²) in [4.78, 5) is 1.24. The summed E-state index contributed by atoms with van der Waals surface area (Å²) in [5.74, 6) is -1.32. The van der Waals surface area contributed by atoms with E-state index in [0.717, 1.165) is 11.6 Å². The Labute approximate surface area is 113 Å². The minimum Gasteiger partial charge on any atom is -0.204 e. The van der Waals surface area contributed by atoms with Gasteiger partial charge in [0.05, 0.1) is 6.54 Å². The van der Waals surface area contributed by atoms with Crippen LogP contribution in [0.1, 0.15) is 5.56 Å². The van der Waals surface area contributed by atoms with Gasteiger partial charge in [0, 0.05) is 11.1 Å². The van der Waals surface area contributed by atoms with E-state index in [2.05, 4.69) is 15.4 Å². The minimum atomic E-state index is -0.883. The summed E-state index contributed by atoms with van der Waals surface area (Å²) in [5, 5.41) is 11.9. The molecule has 4 nitrogen and oxygen atoms in total. The number of hydrogen-bond acceptors (Lipinski definition) is 3. The average molecular weight is 272 g/mol. The second kappa shape index (κ2) is 5.16. The van der Waals surface area contributed by atoms with Gasteiger partial charge >= 0.3 is 0 Å². The molecule has 0 N–H and O–H groups in total. The van der Waals surface area contributed by atoms with Gasteiger partial charge in [-0.05, 0) is 11.3 Å². The van der Waals surface area contributed by atoms with Crippen LogP contribution in [-0.4, -0.2) is 20.2 Å². The summed E-state index contributed by atoms with van der Waals surface area (Å²) in [6.45, 7) is 0.0312. The van der Waals surface area contributed by atoms with Crippen molar-refractivity contribution < 1.29 is 8.78 Å². The van der Waals surface area contributed by atoms with Crippen LogP contribution in [0.5, 0.6) is 0 Å². The number of aromatic nitrogens is 4. The van der Waals surface area contributed by atoms with Crippen LogP contribution in [0.25, 0.3) is 11.4 Å². The fraction of sp³-hybridized carbons (Fsp3) is 0.0714. The standard InChI is InChI=1S/C14H10F2N4/c15-12-8-4-7-11(13(12)16)9-20-18-14(17-19-20)10-5-2-1-3-6-10/h1-8H,9H2. The van der Waals surface area contributed by atoms with Crippen molar-refractivity contribution in [2.24, 2.45) is 0 Å². The topological polar surface area (TPSA) is 43.6 Å². The Morgan fingerprint density at radius 2 is 1.75 bits per heavy atom. The van der Waals surface area contributed by atoms with Crippen molar-refractivity contribution in [2.45, 2.75) is 6.54 Å². The largest absolute Gasteiger partial charge is 0.204 e. The fourth-order valence-corrected chi connectivity index (χ4v) is 1.84. The summed E-state index contributed by atoms with van der Waals surface area (Å²) < 4.78 is 26.7. The number of tetrazole rings is 1. The zero-order valence-electron chi connectivity index (χ0n) is 10.4. The molecule has 3 aromatic rings. The van der Waals surface area contributed by atoms with Crippen LogP contribution >= 0.6 is 0 Å². The van der Waals surface area contributed by atoms with Gasteiger partial charge in [-0.2, -0.15) is 4.80 Å². The Morgan fingerprint density at radius 3 is 2.55 bits per heavy atom. The van der Waals surface area contributed by atoms with Crippen LogP contribution in [0.4, 0.5) is 8.78 Å². The minimum absolute atomic E-state index is 0.0312. The molecule has 0 aliphatic heterocycles. The molecule has 0 spiro atoms. The highest BCUT2D eigenvalue weighted by Crippen LogP contribution is 2.14. The van der Waals surface area contributed by atoms with Gasteiger partial charge in [0.1, 0.15) is 0 Å². The number of halogens is 2. The van der Waals surface area contributed by atoms with Gasteiger partial charge in [-0.1, -0.05) is 42.5 Å². The van der Waals surface area contributed by atoms with Crippen molar-refractivity contribution in [1.82, 2.24) is 20.2 Å². The van der Waals surface area contributed by atoms with E-state index in [9.17, 15) is 8.78 Å². The van der Waals surface area contributed by atoms with Crippen molar-refractivity contribution in [1.29, 1.82) is 0 Å². The van der Waals surface area contributed by atoms with E-state index in [4.69, 9.17) is 0 Å². The van der Waals surface area contributed by atoms with Crippen LogP contribution < -0.4 is 0 Å². The molecule has 0 saturated heterocycles. The van der Waals surface area contributed by atoms with Gasteiger partial charge in [0.15, 0.2) is 11.6 Å². The van der Waals surface area contributed by atoms with Gasteiger partial charge in [0.2, 0.25) is 5.82 Å². The number of benzene rings is 2. The summed E-state index contributed by atoms with van der Waals surface area (Å²) in [6.07, 6.45) is 0. The second-order valence-electron chi connectivity index (χ2n) is 4.22. The van der Waals surface area contributed by atoms with Gasteiger partial charge in [-0.25, -0.2) is 8.78 Å². The molecule has 100 valence electrons.